The van der Waals surface area contributed by atoms with E-state index in [0.29, 0.717) is 0 Å². The first-order valence-corrected chi connectivity index (χ1v) is 5.33. The molecule has 0 aliphatic carbocycles. The second-order valence-corrected chi connectivity index (χ2v) is 3.61. The van der Waals surface area contributed by atoms with Crippen molar-refractivity contribution < 1.29 is 27.8 Å². The van der Waals surface area contributed by atoms with Gasteiger partial charge in [-0.3, -0.25) is 4.79 Å². The van der Waals surface area contributed by atoms with Crippen molar-refractivity contribution in [3.63, 3.8) is 0 Å². The van der Waals surface area contributed by atoms with Crippen LogP contribution in [0.15, 0.2) is 24.3 Å². The molecule has 0 saturated heterocycles. The van der Waals surface area contributed by atoms with Gasteiger partial charge >= 0.3 is 6.36 Å². The maximum absolute atomic E-state index is 12.0. The molecule has 1 unspecified atom stereocenters. The van der Waals surface area contributed by atoms with Crippen LogP contribution in [0.4, 0.5) is 13.2 Å². The molecule has 1 atom stereocenters. The fourth-order valence-electron chi connectivity index (χ4n) is 1.35. The summed E-state index contributed by atoms with van der Waals surface area (Å²) in [7, 11) is 0. The van der Waals surface area contributed by atoms with Gasteiger partial charge in [-0.05, 0) is 17.7 Å². The lowest BCUT2D eigenvalue weighted by Crippen LogP contribution is -2.35. The first kappa shape index (κ1) is 15.3. The van der Waals surface area contributed by atoms with Crippen LogP contribution in [0.2, 0.25) is 0 Å². The van der Waals surface area contributed by atoms with Gasteiger partial charge in [-0.1, -0.05) is 12.1 Å². The Morgan fingerprint density at radius 2 is 2.16 bits per heavy atom. The molecule has 5 nitrogen and oxygen atoms in total. The van der Waals surface area contributed by atoms with Crippen LogP contribution < -0.4 is 15.8 Å². The van der Waals surface area contributed by atoms with Gasteiger partial charge in [0.15, 0.2) is 0 Å². The van der Waals surface area contributed by atoms with Gasteiger partial charge in [-0.15, -0.1) is 13.2 Å². The van der Waals surface area contributed by atoms with E-state index in [-0.39, 0.29) is 18.7 Å². The number of hydrogen-bond donors (Lipinski definition) is 3. The van der Waals surface area contributed by atoms with Crippen molar-refractivity contribution in [1.82, 2.24) is 5.32 Å². The van der Waals surface area contributed by atoms with E-state index in [2.05, 4.69) is 10.1 Å². The number of aliphatic hydroxyl groups is 1. The van der Waals surface area contributed by atoms with Crippen LogP contribution >= 0.6 is 0 Å². The summed E-state index contributed by atoms with van der Waals surface area (Å²) in [6, 6.07) is 3.72. The summed E-state index contributed by atoms with van der Waals surface area (Å²) in [5.41, 5.74) is 5.76. The molecule has 0 radical (unpaired) electrons. The topological polar surface area (TPSA) is 84.6 Å². The molecule has 0 fully saturated rings. The number of ether oxygens (including phenoxy) is 1. The van der Waals surface area contributed by atoms with E-state index < -0.39 is 24.1 Å². The van der Waals surface area contributed by atoms with Gasteiger partial charge < -0.3 is 20.9 Å². The molecule has 8 heteroatoms. The Kier molecular flexibility index (Phi) is 5.13. The number of amides is 1. The number of benzene rings is 1. The van der Waals surface area contributed by atoms with Crippen LogP contribution in [0.25, 0.3) is 0 Å². The molecule has 106 valence electrons. The van der Waals surface area contributed by atoms with Gasteiger partial charge in [0.2, 0.25) is 5.91 Å². The SMILES string of the molecule is NC(C(=O)NCCO)c1cccc(OC(F)(F)F)c1. The molecule has 19 heavy (non-hydrogen) atoms. The number of rotatable bonds is 5. The predicted octanol–water partition coefficient (Wildman–Crippen LogP) is 0.694. The first-order chi connectivity index (χ1) is 8.83. The van der Waals surface area contributed by atoms with Gasteiger partial charge in [0.1, 0.15) is 11.8 Å². The zero-order chi connectivity index (χ0) is 14.5. The van der Waals surface area contributed by atoms with Crippen LogP contribution in [-0.2, 0) is 4.79 Å². The minimum atomic E-state index is -4.80. The number of nitrogens with one attached hydrogen (secondary N) is 1. The third kappa shape index (κ3) is 5.14. The van der Waals surface area contributed by atoms with Crippen molar-refractivity contribution in [2.24, 2.45) is 5.73 Å². The largest absolute Gasteiger partial charge is 0.573 e. The van der Waals surface area contributed by atoms with Crippen molar-refractivity contribution in [3.05, 3.63) is 29.8 Å². The number of nitrogens with two attached hydrogens (primary N) is 1. The smallest absolute Gasteiger partial charge is 0.406 e. The summed E-state index contributed by atoms with van der Waals surface area (Å²) in [4.78, 5) is 11.5. The fraction of sp³-hybridized carbons (Fsp3) is 0.364. The summed E-state index contributed by atoms with van der Waals surface area (Å²) >= 11 is 0. The molecule has 0 aliphatic rings. The van der Waals surface area contributed by atoms with Gasteiger partial charge in [0.05, 0.1) is 6.61 Å². The van der Waals surface area contributed by atoms with Crippen molar-refractivity contribution in [1.29, 1.82) is 0 Å². The highest BCUT2D eigenvalue weighted by molar-refractivity contribution is 5.83. The van der Waals surface area contributed by atoms with E-state index in [1.54, 1.807) is 0 Å². The maximum atomic E-state index is 12.0. The maximum Gasteiger partial charge on any atom is 0.573 e. The summed E-state index contributed by atoms with van der Waals surface area (Å²) in [5, 5.41) is 10.9. The monoisotopic (exact) mass is 278 g/mol. The van der Waals surface area contributed by atoms with E-state index in [9.17, 15) is 18.0 Å². The third-order valence-corrected chi connectivity index (χ3v) is 2.14. The standard InChI is InChI=1S/C11H13F3N2O3/c12-11(13,14)19-8-3-1-2-7(6-8)9(15)10(18)16-4-5-17/h1-3,6,9,17H,4-5,15H2,(H,16,18). The lowest BCUT2D eigenvalue weighted by Gasteiger charge is -2.14. The number of carbonyl (C=O) groups is 1. The Morgan fingerprint density at radius 1 is 1.47 bits per heavy atom. The van der Waals surface area contributed by atoms with E-state index in [1.165, 1.54) is 12.1 Å². The van der Waals surface area contributed by atoms with E-state index in [0.717, 1.165) is 12.1 Å². The molecule has 0 heterocycles. The highest BCUT2D eigenvalue weighted by Gasteiger charge is 2.31. The van der Waals surface area contributed by atoms with E-state index in [1.807, 2.05) is 0 Å². The van der Waals surface area contributed by atoms with Crippen molar-refractivity contribution in [2.45, 2.75) is 12.4 Å². The van der Waals surface area contributed by atoms with Crippen LogP contribution in [-0.4, -0.2) is 30.5 Å². The summed E-state index contributed by atoms with van der Waals surface area (Å²) in [6.07, 6.45) is -4.80. The molecule has 1 amide bonds. The summed E-state index contributed by atoms with van der Waals surface area (Å²) in [5.74, 6) is -1.05. The molecule has 4 N–H and O–H groups in total. The van der Waals surface area contributed by atoms with Gasteiger partial charge in [-0.2, -0.15) is 0 Å². The van der Waals surface area contributed by atoms with E-state index >= 15 is 0 Å². The first-order valence-electron chi connectivity index (χ1n) is 5.33. The molecule has 0 aromatic heterocycles. The predicted molar refractivity (Wildman–Crippen MR) is 60.1 cm³/mol. The van der Waals surface area contributed by atoms with Crippen LogP contribution in [0, 0.1) is 0 Å². The molecule has 0 saturated carbocycles. The Labute approximate surface area is 107 Å². The lowest BCUT2D eigenvalue weighted by molar-refractivity contribution is -0.274. The molecular weight excluding hydrogens is 265 g/mol. The van der Waals surface area contributed by atoms with E-state index in [4.69, 9.17) is 10.8 Å². The Balaban J connectivity index is 2.78. The Bertz CT molecular complexity index is 437. The second kappa shape index (κ2) is 6.39. The molecule has 0 aliphatic heterocycles. The van der Waals surface area contributed by atoms with Crippen LogP contribution in [0.1, 0.15) is 11.6 Å². The average molecular weight is 278 g/mol. The number of aliphatic hydroxyl groups excluding tert-OH is 1. The highest BCUT2D eigenvalue weighted by atomic mass is 19.4. The molecule has 0 spiro atoms. The minimum Gasteiger partial charge on any atom is -0.406 e. The highest BCUT2D eigenvalue weighted by Crippen LogP contribution is 2.24. The van der Waals surface area contributed by atoms with Gasteiger partial charge in [0, 0.05) is 6.54 Å². The normalized spacial score (nSPS) is 12.9. The van der Waals surface area contributed by atoms with Gasteiger partial charge in [0.25, 0.3) is 0 Å². The Morgan fingerprint density at radius 3 is 2.74 bits per heavy atom. The zero-order valence-electron chi connectivity index (χ0n) is 9.78. The second-order valence-electron chi connectivity index (χ2n) is 3.61. The number of halogens is 3. The molecule has 0 bridgehead atoms. The number of carbonyl (C=O) groups excluding carboxylic acids is 1. The lowest BCUT2D eigenvalue weighted by atomic mass is 10.1. The van der Waals surface area contributed by atoms with Crippen molar-refractivity contribution >= 4 is 5.91 Å². The van der Waals surface area contributed by atoms with Crippen molar-refractivity contribution in [2.75, 3.05) is 13.2 Å². The zero-order valence-corrected chi connectivity index (χ0v) is 9.78. The molecule has 1 rings (SSSR count). The quantitative estimate of drug-likeness (QED) is 0.740. The molecule has 1 aromatic carbocycles. The van der Waals surface area contributed by atoms with Gasteiger partial charge in [-0.25, -0.2) is 0 Å². The number of alkyl halides is 3. The minimum absolute atomic E-state index is 0.0191. The van der Waals surface area contributed by atoms with Crippen molar-refractivity contribution in [3.8, 4) is 5.75 Å². The fourth-order valence-corrected chi connectivity index (χ4v) is 1.35. The number of hydrogen-bond acceptors (Lipinski definition) is 4. The summed E-state index contributed by atoms with van der Waals surface area (Å²) < 4.78 is 39.8. The third-order valence-electron chi connectivity index (χ3n) is 2.14. The average Bonchev–Trinajstić information content (AvgIpc) is 2.33. The Hall–Kier alpha value is -1.80. The summed E-state index contributed by atoms with van der Waals surface area (Å²) in [6.45, 7) is -0.235. The van der Waals surface area contributed by atoms with Crippen LogP contribution in [0.3, 0.4) is 0 Å². The molecule has 1 aromatic rings. The van der Waals surface area contributed by atoms with Crippen LogP contribution in [0.5, 0.6) is 5.75 Å². The molecular formula is C11H13F3N2O3.